The Morgan fingerprint density at radius 3 is 2.44 bits per heavy atom. The van der Waals surface area contributed by atoms with Gasteiger partial charge in [0.1, 0.15) is 12.4 Å². The maximum atomic E-state index is 12.5. The lowest BCUT2D eigenvalue weighted by Gasteiger charge is -2.13. The monoisotopic (exact) mass is 499 g/mol. The Bertz CT molecular complexity index is 1130. The molecule has 1 amide bonds. The largest absolute Gasteiger partial charge is 0.493 e. The molecule has 0 heterocycles. The van der Waals surface area contributed by atoms with Gasteiger partial charge in [0.2, 0.25) is 5.91 Å². The van der Waals surface area contributed by atoms with Crippen molar-refractivity contribution < 1.29 is 19.0 Å². The second kappa shape index (κ2) is 12.9. The third-order valence-electron chi connectivity index (χ3n) is 4.95. The van der Waals surface area contributed by atoms with Gasteiger partial charge in [0.05, 0.1) is 19.4 Å². The molecule has 178 valence electrons. The number of carbonyl (C=O) groups is 1. The van der Waals surface area contributed by atoms with E-state index < -0.39 is 0 Å². The lowest BCUT2D eigenvalue weighted by molar-refractivity contribution is -0.111. The number of unbranched alkanes of at least 4 members (excludes halogenated alkanes) is 1. The molecule has 1 N–H and O–H groups in total. The van der Waals surface area contributed by atoms with Gasteiger partial charge in [-0.05, 0) is 54.5 Å². The van der Waals surface area contributed by atoms with E-state index in [-0.39, 0.29) is 12.5 Å². The van der Waals surface area contributed by atoms with E-state index in [0.29, 0.717) is 45.2 Å². The van der Waals surface area contributed by atoms with Crippen molar-refractivity contribution in [1.82, 2.24) is 0 Å². The minimum absolute atomic E-state index is 0.201. The normalized spacial score (nSPS) is 10.8. The second-order valence-corrected chi connectivity index (χ2v) is 8.23. The third kappa shape index (κ3) is 7.17. The summed E-state index contributed by atoms with van der Waals surface area (Å²) >= 11 is 12.4. The maximum Gasteiger partial charge on any atom is 0.248 e. The van der Waals surface area contributed by atoms with Crippen molar-refractivity contribution in [3.05, 3.63) is 87.9 Å². The van der Waals surface area contributed by atoms with Crippen molar-refractivity contribution in [2.45, 2.75) is 26.4 Å². The van der Waals surface area contributed by atoms with E-state index in [2.05, 4.69) is 12.2 Å². The number of anilines is 1. The molecule has 0 radical (unpaired) electrons. The van der Waals surface area contributed by atoms with Crippen LogP contribution in [-0.4, -0.2) is 19.6 Å². The number of para-hydroxylation sites is 2. The first-order valence-electron chi connectivity index (χ1n) is 11.0. The van der Waals surface area contributed by atoms with Gasteiger partial charge in [-0.25, -0.2) is 0 Å². The van der Waals surface area contributed by atoms with E-state index in [4.69, 9.17) is 37.4 Å². The molecule has 0 atom stereocenters. The zero-order chi connectivity index (χ0) is 24.3. The van der Waals surface area contributed by atoms with Gasteiger partial charge >= 0.3 is 0 Å². The second-order valence-electron chi connectivity index (χ2n) is 7.42. The minimum atomic E-state index is -0.265. The summed E-state index contributed by atoms with van der Waals surface area (Å²) in [5, 5.41) is 3.94. The Hall–Kier alpha value is -3.15. The van der Waals surface area contributed by atoms with Gasteiger partial charge in [0.25, 0.3) is 0 Å². The summed E-state index contributed by atoms with van der Waals surface area (Å²) in [7, 11) is 1.56. The van der Waals surface area contributed by atoms with Crippen LogP contribution in [0.25, 0.3) is 6.08 Å². The first kappa shape index (κ1) is 25.5. The van der Waals surface area contributed by atoms with Crippen LogP contribution < -0.4 is 19.5 Å². The zero-order valence-electron chi connectivity index (χ0n) is 19.1. The lowest BCUT2D eigenvalue weighted by Crippen LogP contribution is -2.09. The Balaban J connectivity index is 1.64. The predicted molar refractivity (Wildman–Crippen MR) is 138 cm³/mol. The molecular formula is C27H27Cl2NO4. The van der Waals surface area contributed by atoms with E-state index in [1.54, 1.807) is 43.5 Å². The van der Waals surface area contributed by atoms with Gasteiger partial charge in [-0.3, -0.25) is 4.79 Å². The molecule has 3 aromatic rings. The fourth-order valence-corrected chi connectivity index (χ4v) is 3.60. The molecule has 0 unspecified atom stereocenters. The molecule has 0 aromatic heterocycles. The highest BCUT2D eigenvalue weighted by Gasteiger charge is 2.10. The predicted octanol–water partition coefficient (Wildman–Crippen LogP) is 7.41. The van der Waals surface area contributed by atoms with Crippen molar-refractivity contribution in [3.63, 3.8) is 0 Å². The van der Waals surface area contributed by atoms with E-state index >= 15 is 0 Å². The van der Waals surface area contributed by atoms with Crippen LogP contribution in [0.15, 0.2) is 66.7 Å². The highest BCUT2D eigenvalue weighted by atomic mass is 35.5. The summed E-state index contributed by atoms with van der Waals surface area (Å²) in [4.78, 5) is 12.5. The number of nitrogens with one attached hydrogen (secondary N) is 1. The number of ether oxygens (including phenoxy) is 3. The van der Waals surface area contributed by atoms with Crippen molar-refractivity contribution in [3.8, 4) is 17.2 Å². The van der Waals surface area contributed by atoms with E-state index in [0.717, 1.165) is 18.4 Å². The Morgan fingerprint density at radius 2 is 1.71 bits per heavy atom. The molecular weight excluding hydrogens is 473 g/mol. The molecule has 0 aliphatic carbocycles. The fourth-order valence-electron chi connectivity index (χ4n) is 3.10. The van der Waals surface area contributed by atoms with Gasteiger partial charge in [-0.15, -0.1) is 0 Å². The lowest BCUT2D eigenvalue weighted by atomic mass is 10.2. The van der Waals surface area contributed by atoms with Crippen molar-refractivity contribution >= 4 is 40.9 Å². The Labute approximate surface area is 210 Å². The molecule has 7 heteroatoms. The topological polar surface area (TPSA) is 56.8 Å². The molecule has 0 aliphatic heterocycles. The smallest absolute Gasteiger partial charge is 0.248 e. The summed E-state index contributed by atoms with van der Waals surface area (Å²) in [6.45, 7) is 2.91. The van der Waals surface area contributed by atoms with Crippen LogP contribution in [0.5, 0.6) is 17.2 Å². The van der Waals surface area contributed by atoms with Gasteiger partial charge in [0, 0.05) is 21.7 Å². The molecule has 0 fully saturated rings. The number of carbonyl (C=O) groups excluding carboxylic acids is 1. The maximum absolute atomic E-state index is 12.5. The average molecular weight is 500 g/mol. The molecule has 0 bridgehead atoms. The molecule has 3 aromatic carbocycles. The van der Waals surface area contributed by atoms with Crippen LogP contribution in [0.4, 0.5) is 5.69 Å². The molecule has 34 heavy (non-hydrogen) atoms. The number of amides is 1. The number of rotatable bonds is 11. The van der Waals surface area contributed by atoms with Crippen LogP contribution in [-0.2, 0) is 11.4 Å². The van der Waals surface area contributed by atoms with E-state index in [9.17, 15) is 4.79 Å². The van der Waals surface area contributed by atoms with Crippen LogP contribution >= 0.6 is 23.2 Å². The molecule has 0 spiro atoms. The molecule has 0 saturated carbocycles. The first-order valence-corrected chi connectivity index (χ1v) is 11.7. The highest BCUT2D eigenvalue weighted by Crippen LogP contribution is 2.32. The molecule has 0 saturated heterocycles. The zero-order valence-corrected chi connectivity index (χ0v) is 20.7. The van der Waals surface area contributed by atoms with E-state index in [1.165, 1.54) is 6.08 Å². The van der Waals surface area contributed by atoms with E-state index in [1.807, 2.05) is 30.3 Å². The quantitative estimate of drug-likeness (QED) is 0.220. The molecule has 0 aliphatic rings. The SMILES string of the molecule is CCCCOc1ccccc1NC(=O)C=Cc1ccc(OCc2c(Cl)cccc2Cl)c(OC)c1. The van der Waals surface area contributed by atoms with Gasteiger partial charge in [-0.2, -0.15) is 0 Å². The van der Waals surface area contributed by atoms with Gasteiger partial charge < -0.3 is 19.5 Å². The molecule has 3 rings (SSSR count). The Morgan fingerprint density at radius 1 is 0.941 bits per heavy atom. The number of methoxy groups -OCH3 is 1. The summed E-state index contributed by atoms with van der Waals surface area (Å²) in [6, 6.07) is 18.1. The van der Waals surface area contributed by atoms with Crippen LogP contribution in [0.1, 0.15) is 30.9 Å². The van der Waals surface area contributed by atoms with Crippen LogP contribution in [0, 0.1) is 0 Å². The molecule has 5 nitrogen and oxygen atoms in total. The number of halogens is 2. The fraction of sp³-hybridized carbons (Fsp3) is 0.222. The summed E-state index contributed by atoms with van der Waals surface area (Å²) < 4.78 is 17.1. The third-order valence-corrected chi connectivity index (χ3v) is 5.66. The Kier molecular flexibility index (Phi) is 9.68. The van der Waals surface area contributed by atoms with Crippen LogP contribution in [0.3, 0.4) is 0 Å². The van der Waals surface area contributed by atoms with Crippen molar-refractivity contribution in [2.24, 2.45) is 0 Å². The van der Waals surface area contributed by atoms with Gasteiger partial charge in [0.15, 0.2) is 11.5 Å². The highest BCUT2D eigenvalue weighted by molar-refractivity contribution is 6.35. The number of hydrogen-bond donors (Lipinski definition) is 1. The number of benzene rings is 3. The van der Waals surface area contributed by atoms with Gasteiger partial charge in [-0.1, -0.05) is 60.8 Å². The van der Waals surface area contributed by atoms with Crippen molar-refractivity contribution in [1.29, 1.82) is 0 Å². The first-order chi connectivity index (χ1) is 16.5. The standard InChI is InChI=1S/C27H27Cl2NO4/c1-3-4-16-33-24-11-6-5-10-23(24)30-27(31)15-13-19-12-14-25(26(17-19)32-2)34-18-20-21(28)8-7-9-22(20)29/h5-15,17H,3-4,16,18H2,1-2H3,(H,30,31). The van der Waals surface area contributed by atoms with Crippen LogP contribution in [0.2, 0.25) is 10.0 Å². The summed E-state index contributed by atoms with van der Waals surface area (Å²) in [5.41, 5.74) is 2.11. The summed E-state index contributed by atoms with van der Waals surface area (Å²) in [5.74, 6) is 1.46. The summed E-state index contributed by atoms with van der Waals surface area (Å²) in [6.07, 6.45) is 5.15. The average Bonchev–Trinajstić information content (AvgIpc) is 2.84. The minimum Gasteiger partial charge on any atom is -0.493 e. The number of hydrogen-bond acceptors (Lipinski definition) is 4. The van der Waals surface area contributed by atoms with Crippen molar-refractivity contribution in [2.75, 3.05) is 19.0 Å².